The van der Waals surface area contributed by atoms with Gasteiger partial charge in [0.15, 0.2) is 5.58 Å². The van der Waals surface area contributed by atoms with Gasteiger partial charge in [-0.15, -0.1) is 0 Å². The van der Waals surface area contributed by atoms with E-state index in [-0.39, 0.29) is 0 Å². The van der Waals surface area contributed by atoms with Crippen LogP contribution < -0.4 is 4.90 Å². The fraction of sp³-hybridized carbons (Fsp3) is 0. The molecule has 0 aliphatic rings. The zero-order valence-electron chi connectivity index (χ0n) is 31.6. The number of fused-ring (bicyclic) bond motifs is 6. The average Bonchev–Trinajstić information content (AvgIpc) is 3.75. The van der Waals surface area contributed by atoms with Gasteiger partial charge in [0.1, 0.15) is 5.52 Å². The van der Waals surface area contributed by atoms with Crippen LogP contribution in [-0.2, 0) is 0 Å². The Labute approximate surface area is 336 Å². The molecule has 0 saturated carbocycles. The lowest BCUT2D eigenvalue weighted by molar-refractivity contribution is 0.620. The summed E-state index contributed by atoms with van der Waals surface area (Å²) in [4.78, 5) is 7.42. The third-order valence-corrected chi connectivity index (χ3v) is 11.3. The maximum Gasteiger partial charge on any atom is 0.227 e. The highest BCUT2D eigenvalue weighted by Gasteiger charge is 2.19. The smallest absolute Gasteiger partial charge is 0.227 e. The van der Waals surface area contributed by atoms with E-state index in [1.54, 1.807) is 0 Å². The van der Waals surface area contributed by atoms with Gasteiger partial charge in [-0.1, -0.05) is 164 Å². The van der Waals surface area contributed by atoms with Crippen LogP contribution in [0, 0.1) is 0 Å². The summed E-state index contributed by atoms with van der Waals surface area (Å²) >= 11 is 0. The largest absolute Gasteiger partial charge is 0.436 e. The van der Waals surface area contributed by atoms with Crippen molar-refractivity contribution in [3.8, 4) is 44.8 Å². The van der Waals surface area contributed by atoms with Crippen molar-refractivity contribution < 1.29 is 4.42 Å². The first-order valence-electron chi connectivity index (χ1n) is 19.7. The SMILES string of the molecule is c1ccc(-c2nc3c(ccc4cccc(-c5ccc(N(c6ccc(-c7cc8ccccc8c8ccccc78)cc6)c6ccccc6-c6ccccc6)cc5)c43)o2)cc1. The Balaban J connectivity index is 1.04. The lowest BCUT2D eigenvalue weighted by Gasteiger charge is -2.28. The van der Waals surface area contributed by atoms with Gasteiger partial charge in [-0.3, -0.25) is 0 Å². The molecule has 0 unspecified atom stereocenters. The minimum absolute atomic E-state index is 0.626. The summed E-state index contributed by atoms with van der Waals surface area (Å²) in [6.07, 6.45) is 0. The van der Waals surface area contributed by atoms with Gasteiger partial charge in [-0.2, -0.15) is 0 Å². The van der Waals surface area contributed by atoms with Crippen LogP contribution in [-0.4, -0.2) is 4.98 Å². The van der Waals surface area contributed by atoms with E-state index in [2.05, 4.69) is 187 Å². The average molecular weight is 741 g/mol. The fourth-order valence-corrected chi connectivity index (χ4v) is 8.54. The van der Waals surface area contributed by atoms with Crippen molar-refractivity contribution in [1.82, 2.24) is 4.98 Å². The molecule has 0 fully saturated rings. The Hall–Kier alpha value is -7.75. The van der Waals surface area contributed by atoms with E-state index in [0.29, 0.717) is 5.89 Å². The van der Waals surface area contributed by atoms with Gasteiger partial charge in [0.25, 0.3) is 0 Å². The molecule has 3 nitrogen and oxygen atoms in total. The Morgan fingerprint density at radius 1 is 0.362 bits per heavy atom. The van der Waals surface area contributed by atoms with Crippen LogP contribution in [0.3, 0.4) is 0 Å². The van der Waals surface area contributed by atoms with Crippen molar-refractivity contribution in [2.45, 2.75) is 0 Å². The lowest BCUT2D eigenvalue weighted by atomic mass is 9.93. The van der Waals surface area contributed by atoms with Gasteiger partial charge in [-0.25, -0.2) is 4.98 Å². The topological polar surface area (TPSA) is 29.3 Å². The number of hydrogen-bond donors (Lipinski definition) is 0. The predicted octanol–water partition coefficient (Wildman–Crippen LogP) is 15.4. The summed E-state index contributed by atoms with van der Waals surface area (Å²) in [6.45, 7) is 0. The molecule has 1 aromatic heterocycles. The van der Waals surface area contributed by atoms with Gasteiger partial charge >= 0.3 is 0 Å². The number of hydrogen-bond acceptors (Lipinski definition) is 3. The molecule has 11 rings (SSSR count). The van der Waals surface area contributed by atoms with Gasteiger partial charge in [0.2, 0.25) is 5.89 Å². The number of anilines is 3. The summed E-state index contributed by atoms with van der Waals surface area (Å²) in [5.74, 6) is 0.626. The molecular weight excluding hydrogens is 705 g/mol. The zero-order valence-corrected chi connectivity index (χ0v) is 31.6. The van der Waals surface area contributed by atoms with Gasteiger partial charge in [0.05, 0.1) is 5.69 Å². The summed E-state index contributed by atoms with van der Waals surface area (Å²) in [5.41, 5.74) is 12.8. The molecule has 0 aliphatic heterocycles. The zero-order chi connectivity index (χ0) is 38.4. The summed E-state index contributed by atoms with van der Waals surface area (Å²) in [5, 5.41) is 7.25. The molecule has 0 bridgehead atoms. The molecular formula is C55H36N2O. The summed E-state index contributed by atoms with van der Waals surface area (Å²) in [6, 6.07) is 77.7. The first-order chi connectivity index (χ1) is 28.8. The molecule has 0 saturated heterocycles. The standard InChI is InChI=1S/C55H36N2O/c1-3-14-37(15-4-1)46-21-11-12-25-51(46)57(44-33-28-39(29-34-44)50-36-42-18-7-8-20-45(42)48-22-9-10-23-49(48)50)43-31-26-38(27-32-43)47-24-13-19-40-30-35-52-54(53(40)47)56-55(58-52)41-16-5-2-6-17-41/h1-36H. The Kier molecular flexibility index (Phi) is 8.15. The number of para-hydroxylation sites is 1. The predicted molar refractivity (Wildman–Crippen MR) is 243 cm³/mol. The second-order valence-corrected chi connectivity index (χ2v) is 14.7. The van der Waals surface area contributed by atoms with Crippen LogP contribution in [0.4, 0.5) is 17.1 Å². The molecule has 272 valence electrons. The highest BCUT2D eigenvalue weighted by molar-refractivity contribution is 6.14. The lowest BCUT2D eigenvalue weighted by Crippen LogP contribution is -2.11. The number of rotatable bonds is 7. The van der Waals surface area contributed by atoms with E-state index in [1.807, 2.05) is 36.4 Å². The normalized spacial score (nSPS) is 11.4. The third-order valence-electron chi connectivity index (χ3n) is 11.3. The highest BCUT2D eigenvalue weighted by Crippen LogP contribution is 2.44. The molecule has 0 spiro atoms. The van der Waals surface area contributed by atoms with Crippen molar-refractivity contribution in [2.75, 3.05) is 4.90 Å². The van der Waals surface area contributed by atoms with E-state index >= 15 is 0 Å². The Morgan fingerprint density at radius 2 is 0.914 bits per heavy atom. The number of oxazole rings is 1. The molecule has 0 N–H and O–H groups in total. The van der Waals surface area contributed by atoms with E-state index < -0.39 is 0 Å². The second kappa shape index (κ2) is 14.1. The summed E-state index contributed by atoms with van der Waals surface area (Å²) < 4.78 is 6.31. The molecule has 1 heterocycles. The number of aromatic nitrogens is 1. The maximum atomic E-state index is 6.31. The van der Waals surface area contributed by atoms with E-state index in [1.165, 1.54) is 38.2 Å². The molecule has 0 radical (unpaired) electrons. The number of nitrogens with zero attached hydrogens (tertiary/aromatic N) is 2. The van der Waals surface area contributed by atoms with Gasteiger partial charge in [0, 0.05) is 27.9 Å². The minimum Gasteiger partial charge on any atom is -0.436 e. The van der Waals surface area contributed by atoms with Crippen LogP contribution >= 0.6 is 0 Å². The Bertz CT molecular complexity index is 3260. The maximum absolute atomic E-state index is 6.31. The molecule has 10 aromatic carbocycles. The molecule has 3 heteroatoms. The van der Waals surface area contributed by atoms with Crippen molar-refractivity contribution in [2.24, 2.45) is 0 Å². The Morgan fingerprint density at radius 3 is 1.66 bits per heavy atom. The monoisotopic (exact) mass is 740 g/mol. The van der Waals surface area contributed by atoms with Crippen molar-refractivity contribution in [3.05, 3.63) is 218 Å². The first-order valence-corrected chi connectivity index (χ1v) is 19.7. The molecule has 11 aromatic rings. The molecule has 0 aliphatic carbocycles. The molecule has 0 amide bonds. The van der Waals surface area contributed by atoms with Gasteiger partial charge < -0.3 is 9.32 Å². The van der Waals surface area contributed by atoms with Crippen LogP contribution in [0.15, 0.2) is 223 Å². The van der Waals surface area contributed by atoms with Gasteiger partial charge in [-0.05, 0) is 109 Å². The summed E-state index contributed by atoms with van der Waals surface area (Å²) in [7, 11) is 0. The van der Waals surface area contributed by atoms with E-state index in [9.17, 15) is 0 Å². The van der Waals surface area contributed by atoms with E-state index in [0.717, 1.165) is 61.2 Å². The first kappa shape index (κ1) is 33.6. The van der Waals surface area contributed by atoms with Crippen molar-refractivity contribution in [1.29, 1.82) is 0 Å². The molecule has 58 heavy (non-hydrogen) atoms. The van der Waals surface area contributed by atoms with Crippen LogP contribution in [0.25, 0.3) is 88.3 Å². The van der Waals surface area contributed by atoms with Crippen LogP contribution in [0.5, 0.6) is 0 Å². The quantitative estimate of drug-likeness (QED) is 0.152. The number of benzene rings is 10. The van der Waals surface area contributed by atoms with Crippen molar-refractivity contribution >= 4 is 60.5 Å². The third kappa shape index (κ3) is 5.80. The van der Waals surface area contributed by atoms with Crippen LogP contribution in [0.2, 0.25) is 0 Å². The highest BCUT2D eigenvalue weighted by atomic mass is 16.3. The minimum atomic E-state index is 0.626. The second-order valence-electron chi connectivity index (χ2n) is 14.7. The van der Waals surface area contributed by atoms with Crippen molar-refractivity contribution in [3.63, 3.8) is 0 Å². The molecule has 0 atom stereocenters. The fourth-order valence-electron chi connectivity index (χ4n) is 8.54. The van der Waals surface area contributed by atoms with Crippen LogP contribution in [0.1, 0.15) is 0 Å². The van der Waals surface area contributed by atoms with E-state index in [4.69, 9.17) is 9.40 Å².